The average molecular weight is 1520 g/mol. The molecule has 12 atom stereocenters. The van der Waals surface area contributed by atoms with Gasteiger partial charge in [-0.3, -0.25) is 0 Å². The lowest BCUT2D eigenvalue weighted by molar-refractivity contribution is -0.168. The van der Waals surface area contributed by atoms with Gasteiger partial charge in [0.15, 0.2) is 29.0 Å². The van der Waals surface area contributed by atoms with E-state index >= 15 is 0 Å². The Morgan fingerprint density at radius 3 is 1.33 bits per heavy atom. The van der Waals surface area contributed by atoms with Crippen LogP contribution in [0.15, 0.2) is 164 Å². The van der Waals surface area contributed by atoms with Crippen molar-refractivity contribution in [2.24, 2.45) is 16.2 Å². The molecule has 21 nitrogen and oxygen atoms in total. The summed E-state index contributed by atoms with van der Waals surface area (Å²) >= 11 is 3.39. The number of anilines is 6. The number of nitrogens with two attached hydrogens (primary N) is 6. The third-order valence-electron chi connectivity index (χ3n) is 21.7. The number of fused-ring (bicyclic) bond motifs is 8. The van der Waals surface area contributed by atoms with Crippen LogP contribution in [0, 0.1) is 33.7 Å². The number of aryl methyl sites for hydroxylation is 2. The summed E-state index contributed by atoms with van der Waals surface area (Å²) in [5, 5.41) is 26.8. The molecule has 12 aromatic rings. The number of pyridine rings is 6. The van der Waals surface area contributed by atoms with Gasteiger partial charge in [0.25, 0.3) is 0 Å². The van der Waals surface area contributed by atoms with E-state index in [0.29, 0.717) is 74.6 Å². The van der Waals surface area contributed by atoms with Gasteiger partial charge in [-0.25, -0.2) is 43.1 Å². The highest BCUT2D eigenvalue weighted by Crippen LogP contribution is 2.57. The lowest BCUT2D eigenvalue weighted by Gasteiger charge is -2.32. The summed E-state index contributed by atoms with van der Waals surface area (Å²) in [6.07, 6.45) is 13.5. The molecule has 3 aliphatic carbocycles. The third-order valence-corrected chi connectivity index (χ3v) is 22.2. The fourth-order valence-electron chi connectivity index (χ4n) is 16.4. The molecule has 2 aliphatic heterocycles. The summed E-state index contributed by atoms with van der Waals surface area (Å²) < 4.78 is 75.7. The van der Waals surface area contributed by atoms with Crippen LogP contribution in [0.3, 0.4) is 0 Å². The molecule has 2 saturated heterocycles. The van der Waals surface area contributed by atoms with E-state index in [9.17, 15) is 23.4 Å². The molecule has 552 valence electrons. The van der Waals surface area contributed by atoms with Crippen LogP contribution >= 0.6 is 28.3 Å². The van der Waals surface area contributed by atoms with Gasteiger partial charge in [-0.1, -0.05) is 62.3 Å². The van der Waals surface area contributed by atoms with E-state index < -0.39 is 41.1 Å². The molecule has 3 aromatic carbocycles. The normalized spacial score (nSPS) is 26.1. The molecule has 105 heavy (non-hydrogen) atoms. The van der Waals surface area contributed by atoms with E-state index in [2.05, 4.69) is 84.5 Å². The summed E-state index contributed by atoms with van der Waals surface area (Å²) in [7, 11) is 0. The van der Waals surface area contributed by atoms with Crippen LogP contribution in [0.4, 0.5) is 48.1 Å². The molecule has 0 unspecified atom stereocenters. The quantitative estimate of drug-likeness (QED) is 0.0590. The topological polar surface area (TPSA) is 326 Å². The molecule has 9 aromatic heterocycles. The number of halogens is 5. The molecule has 11 heterocycles. The number of aliphatic hydroxyl groups is 2. The number of aliphatic hydroxyl groups excluding tert-OH is 2. The van der Waals surface area contributed by atoms with Crippen molar-refractivity contribution in [1.29, 1.82) is 0 Å². The van der Waals surface area contributed by atoms with Gasteiger partial charge in [0.1, 0.15) is 53.2 Å². The summed E-state index contributed by atoms with van der Waals surface area (Å²) in [5.74, 6) is -0.172. The molecule has 5 aliphatic rings. The van der Waals surface area contributed by atoms with Crippen LogP contribution in [0.1, 0.15) is 117 Å². The average Bonchev–Trinajstić information content (AvgIpc) is 1.54. The molecule has 5 fully saturated rings. The van der Waals surface area contributed by atoms with Crippen molar-refractivity contribution in [1.82, 2.24) is 43.6 Å². The highest BCUT2D eigenvalue weighted by atomic mass is 79.9. The monoisotopic (exact) mass is 1520 g/mol. The largest absolute Gasteiger partial charge is 0.390 e. The highest BCUT2D eigenvalue weighted by molar-refractivity contribution is 9.10. The maximum atomic E-state index is 14.9. The van der Waals surface area contributed by atoms with E-state index in [1.54, 1.807) is 35.0 Å². The Labute approximate surface area is 621 Å². The van der Waals surface area contributed by atoms with Gasteiger partial charge in [0.05, 0.1) is 88.1 Å². The van der Waals surface area contributed by atoms with E-state index in [1.807, 2.05) is 129 Å². The number of ether oxygens (including phenoxy) is 4. The molecule has 26 heteroatoms. The molecule has 0 radical (unpaired) electrons. The molecule has 3 saturated carbocycles. The van der Waals surface area contributed by atoms with Crippen LogP contribution in [-0.4, -0.2) is 102 Å². The van der Waals surface area contributed by atoms with Crippen molar-refractivity contribution in [2.75, 3.05) is 34.4 Å². The Kier molecular flexibility index (Phi) is 20.6. The van der Waals surface area contributed by atoms with Crippen LogP contribution in [0.2, 0.25) is 0 Å². The first-order valence-electron chi connectivity index (χ1n) is 34.5. The molecular weight excluding hydrogens is 1430 g/mol. The minimum Gasteiger partial charge on any atom is -0.390 e. The zero-order valence-electron chi connectivity index (χ0n) is 58.7. The second kappa shape index (κ2) is 28.6. The number of hydrogen-bond donors (Lipinski definition) is 8. The summed E-state index contributed by atoms with van der Waals surface area (Å²) in [5.41, 5.74) is 40.3. The number of rotatable bonds is 10. The van der Waals surface area contributed by atoms with E-state index in [0.717, 1.165) is 81.0 Å². The molecule has 0 spiro atoms. The molecule has 0 amide bonds. The second-order valence-corrected chi connectivity index (χ2v) is 30.8. The zero-order valence-corrected chi connectivity index (χ0v) is 61.1. The predicted octanol–water partition coefficient (Wildman–Crippen LogP) is 15.2. The summed E-state index contributed by atoms with van der Waals surface area (Å²) in [6.45, 7) is 18.0. The molecule has 17 rings (SSSR count). The molecule has 14 N–H and O–H groups in total. The van der Waals surface area contributed by atoms with E-state index in [4.69, 9.17) is 53.3 Å². The highest BCUT2D eigenvalue weighted by Gasteiger charge is 2.61. The third kappa shape index (κ3) is 14.3. The Morgan fingerprint density at radius 1 is 0.505 bits per heavy atom. The first kappa shape index (κ1) is 75.5. The second-order valence-electron chi connectivity index (χ2n) is 29.8. The van der Waals surface area contributed by atoms with Gasteiger partial charge in [-0.05, 0) is 192 Å². The SMILES string of the molecule is C.C=C[C@@]1(C)C[C@@H](n2ccc3c(N)ncc(F)c32)[C@@H]2OC(C)(C)O[C@@H]21.CC1(C)O[C@H]2[C@H](n3ccc4c(N)ncc(F)c43)C[C@](C)(CCc3ccc4nc(N)ccc4c3)[C@H]2O1.C[C@]1(CCc2ccc3nc(N)ccc3c2)C[C@@H](n2ccc3c(N)ncc(F)c32)[C@H](O)[C@@H]1O.Cl.Nc1ccc2cc(Br)ccc2n1. The minimum absolute atomic E-state index is 0. The van der Waals surface area contributed by atoms with Gasteiger partial charge in [0, 0.05) is 60.8 Å². The van der Waals surface area contributed by atoms with E-state index in [1.165, 1.54) is 18.0 Å². The van der Waals surface area contributed by atoms with Crippen molar-refractivity contribution in [2.45, 2.75) is 167 Å². The lowest BCUT2D eigenvalue weighted by atomic mass is 9.80. The summed E-state index contributed by atoms with van der Waals surface area (Å²) in [6, 6.07) is 34.3. The number of benzene rings is 3. The Bertz CT molecular complexity index is 5230. The Morgan fingerprint density at radius 2 is 0.886 bits per heavy atom. The van der Waals surface area contributed by atoms with Gasteiger partial charge in [-0.2, -0.15) is 0 Å². The number of aromatic nitrogens is 9. The fourth-order valence-corrected chi connectivity index (χ4v) is 16.8. The minimum atomic E-state index is -1.02. The van der Waals surface area contributed by atoms with Crippen molar-refractivity contribution in [3.05, 3.63) is 192 Å². The van der Waals surface area contributed by atoms with Gasteiger partial charge >= 0.3 is 0 Å². The maximum Gasteiger partial charge on any atom is 0.165 e. The van der Waals surface area contributed by atoms with E-state index in [-0.39, 0.29) is 84.6 Å². The zero-order chi connectivity index (χ0) is 73.0. The maximum absolute atomic E-state index is 14.9. The molecular formula is C79H90BrClF3N15O6. The van der Waals surface area contributed by atoms with Crippen LogP contribution in [0.25, 0.3) is 65.4 Å². The van der Waals surface area contributed by atoms with Gasteiger partial charge in [0.2, 0.25) is 0 Å². The number of nitrogens with zero attached hydrogens (tertiary/aromatic N) is 9. The molecule has 0 bridgehead atoms. The van der Waals surface area contributed by atoms with Crippen molar-refractivity contribution >= 4 is 129 Å². The van der Waals surface area contributed by atoms with Crippen LogP contribution in [-0.2, 0) is 31.8 Å². The first-order chi connectivity index (χ1) is 48.9. The lowest BCUT2D eigenvalue weighted by Crippen LogP contribution is -2.35. The fraction of sp³-hybridized carbons (Fsp3) is 0.367. The summed E-state index contributed by atoms with van der Waals surface area (Å²) in [4.78, 5) is 24.6. The Balaban J connectivity index is 0.000000137. The number of hydrogen-bond acceptors (Lipinski definition) is 18. The van der Waals surface area contributed by atoms with Gasteiger partial charge < -0.3 is 77.3 Å². The van der Waals surface area contributed by atoms with Crippen molar-refractivity contribution < 1.29 is 42.3 Å². The van der Waals surface area contributed by atoms with Crippen molar-refractivity contribution in [3.63, 3.8) is 0 Å². The predicted molar refractivity (Wildman–Crippen MR) is 414 cm³/mol. The smallest absolute Gasteiger partial charge is 0.165 e. The van der Waals surface area contributed by atoms with Gasteiger partial charge in [-0.15, -0.1) is 19.0 Å². The Hall–Kier alpha value is -9.18. The van der Waals surface area contributed by atoms with Crippen LogP contribution < -0.4 is 34.4 Å². The number of nitrogen functional groups attached to an aromatic ring is 6. The standard InChI is InChI=1S/C27H30FN5O2.C24H26FN5O2.C18H22FN3O2.C9H7BrN2.CH4.ClH/c1-26(2)34-23-20(33-11-9-17-22(33)18(28)14-31-25(17)30)13-27(3,24(23)35-26)10-8-15-4-6-19-16(12-15)5-7-21(29)32-19;1-24(8-6-13-2-4-17-14(10-13)3-5-19(26)29-17)11-18(21(31)22(24)32)30-9-7-15-20(30)16(25)12-28-23(15)27;1-5-18(4)8-12(14-15(18)24-17(2,3)23-14)22-7-6-10-13(22)11(19)9-21-16(10)20;10-7-2-3-8-6(5-7)1-4-9(11)12-8;;/h4-7,9,11-12,14,20,23-24H,8,10,13H2,1-3H3,(H2,29,32)(H2,30,31);2-5,7,9-10,12,18,21-22,31-32H,6,8,11H2,1H3,(H2,26,29)(H2,27,28);5-7,9,12,14-15H,1,8H2,2-4H3,(H2,20,21);1-5H,(H2,11,12);1H4;1H/t20-,23+,24+,27+;18-,21+,22+,24+;12-,14+,15+,18+;;;/m111.../s1. The van der Waals surface area contributed by atoms with Crippen molar-refractivity contribution in [3.8, 4) is 0 Å². The van der Waals surface area contributed by atoms with Crippen LogP contribution in [0.5, 0.6) is 0 Å². The first-order valence-corrected chi connectivity index (χ1v) is 35.3.